The minimum atomic E-state index is 0.978. The van der Waals surface area contributed by atoms with Crippen molar-refractivity contribution in [3.8, 4) is 0 Å². The first kappa shape index (κ1) is 13.8. The van der Waals surface area contributed by atoms with Crippen LogP contribution in [0.5, 0.6) is 0 Å². The molecule has 1 heteroatoms. The fourth-order valence-electron chi connectivity index (χ4n) is 2.16. The molecule has 0 saturated carbocycles. The van der Waals surface area contributed by atoms with Gasteiger partial charge in [0.25, 0.3) is 0 Å². The third-order valence-electron chi connectivity index (χ3n) is 3.13. The second-order valence-corrected chi connectivity index (χ2v) is 4.28. The highest BCUT2D eigenvalue weighted by atomic mass is 14.1. The molecule has 0 spiro atoms. The first-order valence-corrected chi connectivity index (χ1v) is 6.42. The zero-order valence-electron chi connectivity index (χ0n) is 10.6. The molecule has 0 rings (SSSR count). The molecule has 0 N–H and O–H groups in total. The lowest BCUT2D eigenvalue weighted by Gasteiger charge is -2.15. The number of hydrogen-bond donors (Lipinski definition) is 0. The molecule has 0 heterocycles. The van der Waals surface area contributed by atoms with Crippen LogP contribution in [0.25, 0.3) is 0 Å². The molecule has 0 atom stereocenters. The van der Waals surface area contributed by atoms with E-state index in [9.17, 15) is 0 Å². The van der Waals surface area contributed by atoms with Crippen LogP contribution in [0, 0.1) is 5.92 Å². The average Bonchev–Trinajstić information content (AvgIpc) is 2.20. The lowest BCUT2D eigenvalue weighted by molar-refractivity contribution is 0.411. The van der Waals surface area contributed by atoms with Gasteiger partial charge in [0.15, 0.2) is 0 Å². The van der Waals surface area contributed by atoms with Gasteiger partial charge < -0.3 is 0 Å². The topological polar surface area (TPSA) is 0 Å². The highest BCUT2D eigenvalue weighted by Gasteiger charge is 2.06. The summed E-state index contributed by atoms with van der Waals surface area (Å²) in [6, 6.07) is 0. The molecule has 0 aliphatic carbocycles. The van der Waals surface area contributed by atoms with Crippen molar-refractivity contribution in [3.63, 3.8) is 0 Å². The van der Waals surface area contributed by atoms with Gasteiger partial charge in [-0.15, -0.1) is 0 Å². The van der Waals surface area contributed by atoms with Gasteiger partial charge in [-0.2, -0.15) is 0 Å². The summed E-state index contributed by atoms with van der Waals surface area (Å²) in [7, 11) is 2.27. The number of hydrogen-bond acceptors (Lipinski definition) is 0. The number of allylic oxidation sites excluding steroid dienone is 2. The maximum Gasteiger partial charge on any atom is 0.106 e. The van der Waals surface area contributed by atoms with Crippen LogP contribution in [-0.4, -0.2) is 7.85 Å². The third kappa shape index (κ3) is 6.29. The van der Waals surface area contributed by atoms with E-state index in [0.29, 0.717) is 0 Å². The van der Waals surface area contributed by atoms with E-state index in [0.717, 1.165) is 5.92 Å². The van der Waals surface area contributed by atoms with E-state index in [1.165, 1.54) is 44.8 Å². The molecule has 0 aliphatic heterocycles. The fourth-order valence-corrected chi connectivity index (χ4v) is 2.16. The van der Waals surface area contributed by atoms with E-state index in [1.54, 1.807) is 5.57 Å². The largest absolute Gasteiger partial charge is 0.106 e. The fraction of sp³-hybridized carbons (Fsp3) is 0.846. The van der Waals surface area contributed by atoms with E-state index in [2.05, 4.69) is 34.7 Å². The van der Waals surface area contributed by atoms with Gasteiger partial charge in [-0.25, -0.2) is 0 Å². The Labute approximate surface area is 91.6 Å². The molecule has 0 nitrogen and oxygen atoms in total. The molecule has 0 radical (unpaired) electrons. The maximum absolute atomic E-state index is 2.30. The Hall–Kier alpha value is -0.195. The SMILES string of the molecule is BC/C(=C/C)CCC(CCC)CCC. The second-order valence-electron chi connectivity index (χ2n) is 4.28. The normalized spacial score (nSPS) is 12.4. The summed E-state index contributed by atoms with van der Waals surface area (Å²) in [5.74, 6) is 0.978. The Kier molecular flexibility index (Phi) is 9.23. The first-order chi connectivity index (χ1) is 6.78. The van der Waals surface area contributed by atoms with Crippen molar-refractivity contribution in [1.29, 1.82) is 0 Å². The molecule has 82 valence electrons. The van der Waals surface area contributed by atoms with Crippen LogP contribution < -0.4 is 0 Å². The minimum Gasteiger partial charge on any atom is -0.0892 e. The van der Waals surface area contributed by atoms with E-state index in [-0.39, 0.29) is 0 Å². The molecule has 0 bridgehead atoms. The summed E-state index contributed by atoms with van der Waals surface area (Å²) >= 11 is 0. The van der Waals surface area contributed by atoms with Gasteiger partial charge in [0.05, 0.1) is 0 Å². The van der Waals surface area contributed by atoms with Gasteiger partial charge in [0.2, 0.25) is 0 Å². The Balaban J connectivity index is 3.79. The Morgan fingerprint density at radius 3 is 2.07 bits per heavy atom. The van der Waals surface area contributed by atoms with Gasteiger partial charge in [-0.1, -0.05) is 57.5 Å². The van der Waals surface area contributed by atoms with Crippen molar-refractivity contribution in [2.24, 2.45) is 5.92 Å². The van der Waals surface area contributed by atoms with Crippen LogP contribution in [0.15, 0.2) is 11.6 Å². The second kappa shape index (κ2) is 9.36. The third-order valence-corrected chi connectivity index (χ3v) is 3.13. The Morgan fingerprint density at radius 2 is 1.71 bits per heavy atom. The molecule has 0 aromatic rings. The molecule has 0 aliphatic rings. The molecule has 0 aromatic heterocycles. The van der Waals surface area contributed by atoms with Crippen LogP contribution in [0.2, 0.25) is 6.32 Å². The Morgan fingerprint density at radius 1 is 1.14 bits per heavy atom. The van der Waals surface area contributed by atoms with E-state index in [4.69, 9.17) is 0 Å². The zero-order chi connectivity index (χ0) is 10.8. The van der Waals surface area contributed by atoms with E-state index in [1.807, 2.05) is 0 Å². The lowest BCUT2D eigenvalue weighted by atomic mass is 9.87. The lowest BCUT2D eigenvalue weighted by Crippen LogP contribution is -2.00. The smallest absolute Gasteiger partial charge is 0.0892 e. The molecule has 0 aromatic carbocycles. The van der Waals surface area contributed by atoms with E-state index >= 15 is 0 Å². The summed E-state index contributed by atoms with van der Waals surface area (Å²) in [6.45, 7) is 6.78. The van der Waals surface area contributed by atoms with Gasteiger partial charge in [0.1, 0.15) is 7.85 Å². The monoisotopic (exact) mass is 194 g/mol. The van der Waals surface area contributed by atoms with Gasteiger partial charge in [-0.3, -0.25) is 0 Å². The summed E-state index contributed by atoms with van der Waals surface area (Å²) in [6.07, 6.45) is 11.8. The molecule has 0 fully saturated rings. The van der Waals surface area contributed by atoms with Crippen LogP contribution in [0.4, 0.5) is 0 Å². The predicted octanol–water partition coefficient (Wildman–Crippen LogP) is 3.98. The van der Waals surface area contributed by atoms with Crippen molar-refractivity contribution >= 4 is 7.85 Å². The molecular weight excluding hydrogens is 167 g/mol. The average molecular weight is 194 g/mol. The van der Waals surface area contributed by atoms with Crippen LogP contribution >= 0.6 is 0 Å². The van der Waals surface area contributed by atoms with Crippen LogP contribution in [0.1, 0.15) is 59.3 Å². The van der Waals surface area contributed by atoms with Crippen LogP contribution in [-0.2, 0) is 0 Å². The summed E-state index contributed by atoms with van der Waals surface area (Å²) in [5.41, 5.74) is 1.64. The molecule has 14 heavy (non-hydrogen) atoms. The molecule has 0 amide bonds. The van der Waals surface area contributed by atoms with Crippen molar-refractivity contribution in [3.05, 3.63) is 11.6 Å². The summed E-state index contributed by atoms with van der Waals surface area (Å²) in [4.78, 5) is 0. The van der Waals surface area contributed by atoms with Crippen molar-refractivity contribution in [2.45, 2.75) is 65.6 Å². The Bertz CT molecular complexity index is 143. The predicted molar refractivity (Wildman–Crippen MR) is 69.6 cm³/mol. The maximum atomic E-state index is 2.30. The quantitative estimate of drug-likeness (QED) is 0.405. The summed E-state index contributed by atoms with van der Waals surface area (Å²) in [5, 5.41) is 0. The zero-order valence-corrected chi connectivity index (χ0v) is 10.6. The van der Waals surface area contributed by atoms with Gasteiger partial charge >= 0.3 is 0 Å². The van der Waals surface area contributed by atoms with Crippen molar-refractivity contribution < 1.29 is 0 Å². The van der Waals surface area contributed by atoms with Crippen LogP contribution in [0.3, 0.4) is 0 Å². The van der Waals surface area contributed by atoms with E-state index < -0.39 is 0 Å². The standard InChI is InChI=1S/C13H27B/c1-4-7-13(8-5-2)10-9-12(6-3)11-14/h6,13H,4-5,7-11,14H2,1-3H3/b12-6+. The van der Waals surface area contributed by atoms with Crippen molar-refractivity contribution in [2.75, 3.05) is 0 Å². The molecule has 0 saturated heterocycles. The number of rotatable bonds is 8. The first-order valence-electron chi connectivity index (χ1n) is 6.42. The van der Waals surface area contributed by atoms with Gasteiger partial charge in [-0.05, 0) is 25.7 Å². The molecular formula is C13H27B. The minimum absolute atomic E-state index is 0.978. The highest BCUT2D eigenvalue weighted by Crippen LogP contribution is 2.22. The van der Waals surface area contributed by atoms with Crippen molar-refractivity contribution in [1.82, 2.24) is 0 Å². The van der Waals surface area contributed by atoms with Gasteiger partial charge in [0, 0.05) is 0 Å². The summed E-state index contributed by atoms with van der Waals surface area (Å²) < 4.78 is 0. The molecule has 0 unspecified atom stereocenters. The highest BCUT2D eigenvalue weighted by molar-refractivity contribution is 6.10.